The Kier molecular flexibility index (Phi) is 3.44. The molecule has 0 saturated carbocycles. The first kappa shape index (κ1) is 12.1. The van der Waals surface area contributed by atoms with E-state index in [0.717, 1.165) is 0 Å². The summed E-state index contributed by atoms with van der Waals surface area (Å²) >= 11 is 0. The van der Waals surface area contributed by atoms with Crippen LogP contribution in [0.3, 0.4) is 0 Å². The summed E-state index contributed by atoms with van der Waals surface area (Å²) < 4.78 is 5.16. The van der Waals surface area contributed by atoms with E-state index in [2.05, 4.69) is 5.18 Å². The Bertz CT molecular complexity index is 256. The van der Waals surface area contributed by atoms with E-state index in [4.69, 9.17) is 9.84 Å². The van der Waals surface area contributed by atoms with Gasteiger partial charge in [0.15, 0.2) is 0 Å². The van der Waals surface area contributed by atoms with Gasteiger partial charge in [0.25, 0.3) is 0 Å². The number of nitrogens with zero attached hydrogens (tertiary/aromatic N) is 1. The van der Waals surface area contributed by atoms with Crippen LogP contribution in [0.25, 0.3) is 0 Å². The molecule has 1 aliphatic heterocycles. The lowest BCUT2D eigenvalue weighted by molar-refractivity contribution is -0.148. The van der Waals surface area contributed by atoms with Crippen molar-refractivity contribution >= 4 is 5.97 Å². The SMILES string of the molecule is CC(C)(CC1(N=O)CCOCC1)C(=O)O. The van der Waals surface area contributed by atoms with Crippen molar-refractivity contribution in [2.24, 2.45) is 10.6 Å². The molecule has 0 amide bonds. The van der Waals surface area contributed by atoms with E-state index < -0.39 is 16.9 Å². The molecule has 5 nitrogen and oxygen atoms in total. The first-order valence-electron chi connectivity index (χ1n) is 5.08. The van der Waals surface area contributed by atoms with Crippen LogP contribution in [-0.2, 0) is 9.53 Å². The Morgan fingerprint density at radius 1 is 1.47 bits per heavy atom. The normalized spacial score (nSPS) is 20.9. The zero-order chi connectivity index (χ0) is 11.5. The van der Waals surface area contributed by atoms with Gasteiger partial charge in [-0.3, -0.25) is 4.79 Å². The molecule has 0 aromatic rings. The van der Waals surface area contributed by atoms with Crippen LogP contribution >= 0.6 is 0 Å². The fraction of sp³-hybridized carbons (Fsp3) is 0.900. The largest absolute Gasteiger partial charge is 0.481 e. The summed E-state index contributed by atoms with van der Waals surface area (Å²) in [6.45, 7) is 4.22. The fourth-order valence-corrected chi connectivity index (χ4v) is 1.95. The summed E-state index contributed by atoms with van der Waals surface area (Å²) in [7, 11) is 0. The molecule has 15 heavy (non-hydrogen) atoms. The first-order valence-corrected chi connectivity index (χ1v) is 5.08. The van der Waals surface area contributed by atoms with Crippen molar-refractivity contribution in [2.45, 2.75) is 38.6 Å². The standard InChI is InChI=1S/C10H17NO4/c1-9(2,8(12)13)7-10(11-14)3-5-15-6-4-10/h3-7H2,1-2H3,(H,12,13). The third kappa shape index (κ3) is 2.75. The average molecular weight is 215 g/mol. The van der Waals surface area contributed by atoms with Gasteiger partial charge in [0.1, 0.15) is 5.54 Å². The summed E-state index contributed by atoms with van der Waals surface area (Å²) in [5.74, 6) is -0.892. The predicted octanol–water partition coefficient (Wildman–Crippen LogP) is 1.80. The molecule has 0 radical (unpaired) electrons. The topological polar surface area (TPSA) is 76.0 Å². The first-order chi connectivity index (χ1) is 6.92. The lowest BCUT2D eigenvalue weighted by Gasteiger charge is -2.35. The van der Waals surface area contributed by atoms with E-state index in [0.29, 0.717) is 26.1 Å². The van der Waals surface area contributed by atoms with E-state index >= 15 is 0 Å². The van der Waals surface area contributed by atoms with Crippen molar-refractivity contribution in [2.75, 3.05) is 13.2 Å². The number of carbonyl (C=O) groups is 1. The minimum Gasteiger partial charge on any atom is -0.481 e. The maximum atomic E-state index is 11.0. The Hall–Kier alpha value is -0.970. The highest BCUT2D eigenvalue weighted by molar-refractivity contribution is 5.73. The summed E-state index contributed by atoms with van der Waals surface area (Å²) in [6, 6.07) is 0. The molecular weight excluding hydrogens is 198 g/mol. The van der Waals surface area contributed by atoms with Crippen molar-refractivity contribution in [1.29, 1.82) is 0 Å². The Balaban J connectivity index is 2.75. The lowest BCUT2D eigenvalue weighted by Crippen LogP contribution is -2.41. The number of nitroso groups, excluding NO2 is 1. The molecular formula is C10H17NO4. The molecule has 0 aliphatic carbocycles. The molecule has 1 saturated heterocycles. The van der Waals surface area contributed by atoms with Crippen LogP contribution in [0.2, 0.25) is 0 Å². The molecule has 0 unspecified atom stereocenters. The van der Waals surface area contributed by atoms with Crippen LogP contribution in [0, 0.1) is 10.3 Å². The van der Waals surface area contributed by atoms with Gasteiger partial charge < -0.3 is 9.84 Å². The molecule has 0 aromatic carbocycles. The van der Waals surface area contributed by atoms with Crippen molar-refractivity contribution in [3.05, 3.63) is 4.91 Å². The van der Waals surface area contributed by atoms with Gasteiger partial charge in [-0.1, -0.05) is 5.18 Å². The van der Waals surface area contributed by atoms with E-state index in [1.807, 2.05) is 0 Å². The maximum Gasteiger partial charge on any atom is 0.309 e. The maximum absolute atomic E-state index is 11.0. The van der Waals surface area contributed by atoms with Gasteiger partial charge in [-0.05, 0) is 33.1 Å². The van der Waals surface area contributed by atoms with Gasteiger partial charge in [-0.2, -0.15) is 4.91 Å². The van der Waals surface area contributed by atoms with E-state index in [1.54, 1.807) is 13.8 Å². The quantitative estimate of drug-likeness (QED) is 0.725. The number of hydrogen-bond donors (Lipinski definition) is 1. The third-order valence-electron chi connectivity index (χ3n) is 2.97. The second kappa shape index (κ2) is 4.26. The molecule has 1 aliphatic rings. The fourth-order valence-electron chi connectivity index (χ4n) is 1.95. The van der Waals surface area contributed by atoms with Crippen LogP contribution < -0.4 is 0 Å². The minimum absolute atomic E-state index is 0.280. The second-order valence-corrected chi connectivity index (χ2v) is 4.79. The monoisotopic (exact) mass is 215 g/mol. The minimum atomic E-state index is -0.911. The summed E-state index contributed by atoms with van der Waals surface area (Å²) in [6.07, 6.45) is 1.32. The summed E-state index contributed by atoms with van der Waals surface area (Å²) in [5.41, 5.74) is -1.66. The third-order valence-corrected chi connectivity index (χ3v) is 2.97. The highest BCUT2D eigenvalue weighted by Crippen LogP contribution is 2.37. The molecule has 1 rings (SSSR count). The molecule has 0 atom stereocenters. The number of aliphatic carboxylic acids is 1. The van der Waals surface area contributed by atoms with Crippen LogP contribution in [0.5, 0.6) is 0 Å². The number of hydrogen-bond acceptors (Lipinski definition) is 4. The highest BCUT2D eigenvalue weighted by Gasteiger charge is 2.42. The summed E-state index contributed by atoms with van der Waals surface area (Å²) in [4.78, 5) is 21.9. The van der Waals surface area contributed by atoms with Gasteiger partial charge >= 0.3 is 5.97 Å². The zero-order valence-electron chi connectivity index (χ0n) is 9.15. The van der Waals surface area contributed by atoms with E-state index in [1.165, 1.54) is 0 Å². The molecule has 0 aromatic heterocycles. The van der Waals surface area contributed by atoms with Crippen molar-refractivity contribution in [1.82, 2.24) is 0 Å². The number of carboxylic acid groups (broad SMARTS) is 1. The van der Waals surface area contributed by atoms with Crippen LogP contribution in [0.15, 0.2) is 5.18 Å². The smallest absolute Gasteiger partial charge is 0.309 e. The van der Waals surface area contributed by atoms with Gasteiger partial charge in [-0.15, -0.1) is 0 Å². The van der Waals surface area contributed by atoms with Gasteiger partial charge in [0.05, 0.1) is 5.41 Å². The number of carboxylic acids is 1. The molecule has 1 fully saturated rings. The Morgan fingerprint density at radius 3 is 2.40 bits per heavy atom. The highest BCUT2D eigenvalue weighted by atomic mass is 16.5. The number of rotatable bonds is 4. The molecule has 0 spiro atoms. The molecule has 1 heterocycles. The number of ether oxygens (including phenoxy) is 1. The second-order valence-electron chi connectivity index (χ2n) is 4.79. The molecule has 0 bridgehead atoms. The van der Waals surface area contributed by atoms with Crippen LogP contribution in [0.4, 0.5) is 0 Å². The van der Waals surface area contributed by atoms with Crippen molar-refractivity contribution in [3.63, 3.8) is 0 Å². The summed E-state index contributed by atoms with van der Waals surface area (Å²) in [5, 5.41) is 12.2. The molecule has 1 N–H and O–H groups in total. The van der Waals surface area contributed by atoms with Crippen LogP contribution in [0.1, 0.15) is 33.1 Å². The van der Waals surface area contributed by atoms with Crippen molar-refractivity contribution in [3.8, 4) is 0 Å². The Labute approximate surface area is 88.8 Å². The van der Waals surface area contributed by atoms with Gasteiger partial charge in [0, 0.05) is 13.2 Å². The van der Waals surface area contributed by atoms with Crippen LogP contribution in [-0.4, -0.2) is 29.8 Å². The van der Waals surface area contributed by atoms with E-state index in [9.17, 15) is 9.70 Å². The van der Waals surface area contributed by atoms with Gasteiger partial charge in [-0.25, -0.2) is 0 Å². The molecule has 86 valence electrons. The van der Waals surface area contributed by atoms with Gasteiger partial charge in [0.2, 0.25) is 0 Å². The van der Waals surface area contributed by atoms with Crippen molar-refractivity contribution < 1.29 is 14.6 Å². The average Bonchev–Trinajstić information content (AvgIpc) is 2.18. The lowest BCUT2D eigenvalue weighted by atomic mass is 9.75. The Morgan fingerprint density at radius 2 is 2.00 bits per heavy atom. The molecule has 5 heteroatoms. The predicted molar refractivity (Wildman–Crippen MR) is 54.6 cm³/mol. The van der Waals surface area contributed by atoms with E-state index in [-0.39, 0.29) is 6.42 Å². The zero-order valence-corrected chi connectivity index (χ0v) is 9.15.